The lowest BCUT2D eigenvalue weighted by molar-refractivity contribution is 0.119. The standard InChI is InChI=1S/C11H23N/c1-4-8-11(3,5-2)12-9-6-7-10-12/h4-10H2,1-3H3. The lowest BCUT2D eigenvalue weighted by Gasteiger charge is -2.38. The Balaban J connectivity index is 2.51. The van der Waals surface area contributed by atoms with Gasteiger partial charge in [-0.05, 0) is 45.7 Å². The van der Waals surface area contributed by atoms with Crippen LogP contribution in [0.5, 0.6) is 0 Å². The zero-order valence-corrected chi connectivity index (χ0v) is 8.90. The van der Waals surface area contributed by atoms with Crippen LogP contribution in [0.25, 0.3) is 0 Å². The highest BCUT2D eigenvalue weighted by molar-refractivity contribution is 4.87. The Morgan fingerprint density at radius 1 is 1.17 bits per heavy atom. The first-order valence-corrected chi connectivity index (χ1v) is 5.48. The summed E-state index contributed by atoms with van der Waals surface area (Å²) in [5.41, 5.74) is 0.505. The SMILES string of the molecule is CCCC(C)(CC)N1CCCC1. The number of hydrogen-bond donors (Lipinski definition) is 0. The molecule has 0 aromatic heterocycles. The van der Waals surface area contributed by atoms with E-state index in [1.807, 2.05) is 0 Å². The molecule has 0 saturated carbocycles. The largest absolute Gasteiger partial charge is 0.298 e. The minimum absolute atomic E-state index is 0.505. The maximum Gasteiger partial charge on any atom is 0.0178 e. The van der Waals surface area contributed by atoms with E-state index in [0.717, 1.165) is 0 Å². The summed E-state index contributed by atoms with van der Waals surface area (Å²) >= 11 is 0. The summed E-state index contributed by atoms with van der Waals surface area (Å²) in [6, 6.07) is 0. The van der Waals surface area contributed by atoms with Crippen LogP contribution >= 0.6 is 0 Å². The Bertz CT molecular complexity index is 127. The minimum Gasteiger partial charge on any atom is -0.298 e. The van der Waals surface area contributed by atoms with E-state index in [2.05, 4.69) is 25.7 Å². The van der Waals surface area contributed by atoms with Crippen LogP contribution in [-0.4, -0.2) is 23.5 Å². The predicted octanol–water partition coefficient (Wildman–Crippen LogP) is 3.05. The van der Waals surface area contributed by atoms with Gasteiger partial charge in [0.15, 0.2) is 0 Å². The summed E-state index contributed by atoms with van der Waals surface area (Å²) in [7, 11) is 0. The lowest BCUT2D eigenvalue weighted by atomic mass is 9.91. The van der Waals surface area contributed by atoms with Crippen molar-refractivity contribution in [3.63, 3.8) is 0 Å². The Kier molecular flexibility index (Phi) is 3.57. The van der Waals surface area contributed by atoms with Crippen LogP contribution in [0.4, 0.5) is 0 Å². The fraction of sp³-hybridized carbons (Fsp3) is 1.00. The van der Waals surface area contributed by atoms with Gasteiger partial charge in [-0.3, -0.25) is 4.90 Å². The fourth-order valence-electron chi connectivity index (χ4n) is 2.35. The average molecular weight is 169 g/mol. The van der Waals surface area contributed by atoms with Crippen LogP contribution in [-0.2, 0) is 0 Å². The smallest absolute Gasteiger partial charge is 0.0178 e. The van der Waals surface area contributed by atoms with Crippen molar-refractivity contribution >= 4 is 0 Å². The zero-order valence-electron chi connectivity index (χ0n) is 8.90. The highest BCUT2D eigenvalue weighted by atomic mass is 15.2. The summed E-state index contributed by atoms with van der Waals surface area (Å²) in [4.78, 5) is 2.69. The molecule has 0 aliphatic carbocycles. The Morgan fingerprint density at radius 3 is 2.17 bits per heavy atom. The molecule has 1 unspecified atom stereocenters. The number of likely N-dealkylation sites (tertiary alicyclic amines) is 1. The Morgan fingerprint density at radius 2 is 1.75 bits per heavy atom. The molecule has 1 heteroatoms. The second-order valence-corrected chi connectivity index (χ2v) is 4.29. The van der Waals surface area contributed by atoms with Crippen molar-refractivity contribution < 1.29 is 0 Å². The van der Waals surface area contributed by atoms with Crippen molar-refractivity contribution in [2.24, 2.45) is 0 Å². The summed E-state index contributed by atoms with van der Waals surface area (Å²) in [6.07, 6.45) is 6.82. The Labute approximate surface area is 77.1 Å². The predicted molar refractivity (Wildman–Crippen MR) is 54.4 cm³/mol. The van der Waals surface area contributed by atoms with E-state index in [1.54, 1.807) is 0 Å². The first-order valence-electron chi connectivity index (χ1n) is 5.48. The summed E-state index contributed by atoms with van der Waals surface area (Å²) in [5.74, 6) is 0. The van der Waals surface area contributed by atoms with E-state index >= 15 is 0 Å². The molecule has 0 amide bonds. The second-order valence-electron chi connectivity index (χ2n) is 4.29. The first kappa shape index (κ1) is 10.0. The van der Waals surface area contributed by atoms with Crippen molar-refractivity contribution in [2.75, 3.05) is 13.1 Å². The van der Waals surface area contributed by atoms with Crippen molar-refractivity contribution in [1.29, 1.82) is 0 Å². The molecule has 1 rings (SSSR count). The van der Waals surface area contributed by atoms with E-state index < -0.39 is 0 Å². The van der Waals surface area contributed by atoms with Gasteiger partial charge in [0.2, 0.25) is 0 Å². The van der Waals surface area contributed by atoms with Gasteiger partial charge in [0.25, 0.3) is 0 Å². The van der Waals surface area contributed by atoms with Gasteiger partial charge in [0.1, 0.15) is 0 Å². The molecule has 1 fully saturated rings. The number of hydrogen-bond acceptors (Lipinski definition) is 1. The van der Waals surface area contributed by atoms with Crippen molar-refractivity contribution in [1.82, 2.24) is 4.90 Å². The van der Waals surface area contributed by atoms with Crippen LogP contribution < -0.4 is 0 Å². The summed E-state index contributed by atoms with van der Waals surface area (Å²) in [5, 5.41) is 0. The van der Waals surface area contributed by atoms with Crippen LogP contribution in [0.1, 0.15) is 52.9 Å². The van der Waals surface area contributed by atoms with E-state index in [-0.39, 0.29) is 0 Å². The van der Waals surface area contributed by atoms with Gasteiger partial charge in [-0.15, -0.1) is 0 Å². The lowest BCUT2D eigenvalue weighted by Crippen LogP contribution is -2.43. The van der Waals surface area contributed by atoms with E-state index in [4.69, 9.17) is 0 Å². The molecule has 1 aliphatic rings. The van der Waals surface area contributed by atoms with Crippen molar-refractivity contribution in [3.05, 3.63) is 0 Å². The molecular formula is C11H23N. The molecule has 1 heterocycles. The minimum atomic E-state index is 0.505. The molecular weight excluding hydrogens is 146 g/mol. The second kappa shape index (κ2) is 4.27. The summed E-state index contributed by atoms with van der Waals surface area (Å²) in [6.45, 7) is 9.73. The molecule has 1 aliphatic heterocycles. The molecule has 0 radical (unpaired) electrons. The maximum atomic E-state index is 2.69. The van der Waals surface area contributed by atoms with E-state index in [0.29, 0.717) is 5.54 Å². The molecule has 0 aromatic rings. The topological polar surface area (TPSA) is 3.24 Å². The van der Waals surface area contributed by atoms with Gasteiger partial charge in [-0.25, -0.2) is 0 Å². The highest BCUT2D eigenvalue weighted by Gasteiger charge is 2.30. The van der Waals surface area contributed by atoms with Crippen molar-refractivity contribution in [2.45, 2.75) is 58.4 Å². The molecule has 1 nitrogen and oxygen atoms in total. The number of rotatable bonds is 4. The van der Waals surface area contributed by atoms with Crippen LogP contribution in [0.2, 0.25) is 0 Å². The summed E-state index contributed by atoms with van der Waals surface area (Å²) < 4.78 is 0. The normalized spacial score (nSPS) is 24.2. The van der Waals surface area contributed by atoms with Gasteiger partial charge in [-0.2, -0.15) is 0 Å². The molecule has 1 atom stereocenters. The monoisotopic (exact) mass is 169 g/mol. The number of nitrogens with zero attached hydrogens (tertiary/aromatic N) is 1. The third-order valence-electron chi connectivity index (χ3n) is 3.42. The van der Waals surface area contributed by atoms with Crippen molar-refractivity contribution in [3.8, 4) is 0 Å². The Hall–Kier alpha value is -0.0400. The van der Waals surface area contributed by atoms with Gasteiger partial charge in [0.05, 0.1) is 0 Å². The molecule has 0 N–H and O–H groups in total. The van der Waals surface area contributed by atoms with E-state index in [1.165, 1.54) is 45.2 Å². The first-order chi connectivity index (χ1) is 5.73. The average Bonchev–Trinajstić information content (AvgIpc) is 2.57. The maximum absolute atomic E-state index is 2.69. The van der Waals surface area contributed by atoms with Gasteiger partial charge >= 0.3 is 0 Å². The van der Waals surface area contributed by atoms with Gasteiger partial charge in [-0.1, -0.05) is 20.3 Å². The van der Waals surface area contributed by atoms with Crippen LogP contribution in [0.15, 0.2) is 0 Å². The highest BCUT2D eigenvalue weighted by Crippen LogP contribution is 2.28. The molecule has 12 heavy (non-hydrogen) atoms. The molecule has 1 saturated heterocycles. The molecule has 0 bridgehead atoms. The third-order valence-corrected chi connectivity index (χ3v) is 3.42. The van der Waals surface area contributed by atoms with Crippen LogP contribution in [0, 0.1) is 0 Å². The fourth-order valence-corrected chi connectivity index (χ4v) is 2.35. The zero-order chi connectivity index (χ0) is 9.03. The molecule has 72 valence electrons. The van der Waals surface area contributed by atoms with E-state index in [9.17, 15) is 0 Å². The van der Waals surface area contributed by atoms with Gasteiger partial charge < -0.3 is 0 Å². The third kappa shape index (κ3) is 2.01. The molecule has 0 spiro atoms. The quantitative estimate of drug-likeness (QED) is 0.625. The van der Waals surface area contributed by atoms with Crippen LogP contribution in [0.3, 0.4) is 0 Å². The molecule has 0 aromatic carbocycles. The van der Waals surface area contributed by atoms with Gasteiger partial charge in [0, 0.05) is 5.54 Å².